The lowest BCUT2D eigenvalue weighted by atomic mass is 10.1. The van der Waals surface area contributed by atoms with Crippen molar-refractivity contribution in [2.75, 3.05) is 0 Å². The first-order valence-corrected chi connectivity index (χ1v) is 11.4. The van der Waals surface area contributed by atoms with Crippen LogP contribution in [0.5, 0.6) is 5.75 Å². The van der Waals surface area contributed by atoms with E-state index in [0.29, 0.717) is 5.75 Å². The highest BCUT2D eigenvalue weighted by molar-refractivity contribution is 8.06. The van der Waals surface area contributed by atoms with Crippen LogP contribution in [0.4, 0.5) is 0 Å². The van der Waals surface area contributed by atoms with Crippen molar-refractivity contribution in [2.24, 2.45) is 0 Å². The molecule has 1 heterocycles. The van der Waals surface area contributed by atoms with Crippen LogP contribution in [0, 0.1) is 0 Å². The molecule has 29 heavy (non-hydrogen) atoms. The average molecular weight is 432 g/mol. The molecule has 1 aliphatic heterocycles. The summed E-state index contributed by atoms with van der Waals surface area (Å²) >= 11 is 0. The van der Waals surface area contributed by atoms with Crippen molar-refractivity contribution in [1.82, 2.24) is 9.25 Å². The molecule has 0 fully saturated rings. The van der Waals surface area contributed by atoms with Crippen LogP contribution >= 0.6 is 0 Å². The lowest BCUT2D eigenvalue weighted by Crippen LogP contribution is -2.50. The Hall–Kier alpha value is -2.95. The average Bonchev–Trinajstić information content (AvgIpc) is 2.85. The van der Waals surface area contributed by atoms with Gasteiger partial charge in [-0.2, -0.15) is 0 Å². The van der Waals surface area contributed by atoms with E-state index >= 15 is 0 Å². The minimum absolute atomic E-state index is 0.00669. The summed E-state index contributed by atoms with van der Waals surface area (Å²) in [5.41, 5.74) is 1.96. The zero-order valence-electron chi connectivity index (χ0n) is 15.1. The first-order chi connectivity index (χ1) is 13.7. The molecule has 4 rings (SSSR count). The molecular formula is C19H16N2O6S2. The van der Waals surface area contributed by atoms with E-state index in [9.17, 15) is 21.6 Å². The number of hydrogen-bond acceptors (Lipinski definition) is 6. The molecule has 1 unspecified atom stereocenters. The van der Waals surface area contributed by atoms with Crippen molar-refractivity contribution in [3.05, 3.63) is 66.7 Å². The van der Waals surface area contributed by atoms with E-state index in [-0.39, 0.29) is 13.6 Å². The summed E-state index contributed by atoms with van der Waals surface area (Å²) in [5, 5.41) is 1.89. The van der Waals surface area contributed by atoms with Crippen LogP contribution in [0.1, 0.15) is 6.92 Å². The van der Waals surface area contributed by atoms with Gasteiger partial charge in [-0.15, -0.1) is 0 Å². The van der Waals surface area contributed by atoms with E-state index in [0.717, 1.165) is 10.8 Å². The first kappa shape index (κ1) is 19.4. The molecule has 3 aromatic carbocycles. The Morgan fingerprint density at radius 1 is 0.862 bits per heavy atom. The topological polar surface area (TPSA) is 110 Å². The van der Waals surface area contributed by atoms with Crippen molar-refractivity contribution in [3.63, 3.8) is 0 Å². The van der Waals surface area contributed by atoms with Crippen LogP contribution in [0.2, 0.25) is 0 Å². The van der Waals surface area contributed by atoms with E-state index in [4.69, 9.17) is 4.74 Å². The standard InChI is InChI=1S/C19H16N2O6S2/c1-13(27-16-11-10-14-6-2-3-7-15(14)12-16)19(22)20-21-28(23,24)17-8-4-5-9-18(17)29(21,25)26/h2-13H,1H3,(H,20,22). The van der Waals surface area contributed by atoms with Crippen molar-refractivity contribution >= 4 is 36.7 Å². The second kappa shape index (κ2) is 6.83. The van der Waals surface area contributed by atoms with Crippen LogP contribution in [-0.2, 0) is 24.8 Å². The maximum absolute atomic E-state index is 12.6. The summed E-state index contributed by atoms with van der Waals surface area (Å²) in [6, 6.07) is 17.9. The third-order valence-electron chi connectivity index (χ3n) is 4.45. The van der Waals surface area contributed by atoms with Crippen LogP contribution < -0.4 is 10.2 Å². The number of fused-ring (bicyclic) bond motifs is 2. The van der Waals surface area contributed by atoms with E-state index in [1.54, 1.807) is 12.1 Å². The van der Waals surface area contributed by atoms with E-state index in [2.05, 4.69) is 0 Å². The first-order valence-electron chi connectivity index (χ1n) is 8.57. The highest BCUT2D eigenvalue weighted by Crippen LogP contribution is 2.34. The number of hydrogen-bond donors (Lipinski definition) is 1. The fourth-order valence-electron chi connectivity index (χ4n) is 2.98. The van der Waals surface area contributed by atoms with Crippen LogP contribution in [-0.4, -0.2) is 32.7 Å². The lowest BCUT2D eigenvalue weighted by molar-refractivity contribution is -0.129. The number of hydrazine groups is 1. The molecule has 0 bridgehead atoms. The second-order valence-electron chi connectivity index (χ2n) is 6.40. The summed E-state index contributed by atoms with van der Waals surface area (Å²) in [7, 11) is -8.85. The summed E-state index contributed by atoms with van der Waals surface area (Å²) in [6.07, 6.45) is -1.15. The van der Waals surface area contributed by atoms with Gasteiger partial charge in [-0.25, -0.2) is 16.8 Å². The molecule has 0 aromatic heterocycles. The summed E-state index contributed by atoms with van der Waals surface area (Å²) in [5.74, 6) is -0.528. The minimum Gasteiger partial charge on any atom is -0.481 e. The Morgan fingerprint density at radius 3 is 2.03 bits per heavy atom. The number of rotatable bonds is 4. The van der Waals surface area contributed by atoms with Gasteiger partial charge in [-0.05, 0) is 42.0 Å². The number of carbonyl (C=O) groups excluding carboxylic acids is 1. The zero-order valence-corrected chi connectivity index (χ0v) is 16.8. The number of benzene rings is 3. The molecular weight excluding hydrogens is 416 g/mol. The molecule has 150 valence electrons. The number of carbonyl (C=O) groups is 1. The smallest absolute Gasteiger partial charge is 0.276 e. The molecule has 0 saturated heterocycles. The summed E-state index contributed by atoms with van der Waals surface area (Å²) in [4.78, 5) is 11.7. The highest BCUT2D eigenvalue weighted by Gasteiger charge is 2.48. The molecule has 0 aliphatic carbocycles. The van der Waals surface area contributed by atoms with Gasteiger partial charge in [0.25, 0.3) is 26.0 Å². The van der Waals surface area contributed by atoms with Gasteiger partial charge in [0.1, 0.15) is 15.5 Å². The Morgan fingerprint density at radius 2 is 1.41 bits per heavy atom. The monoisotopic (exact) mass is 432 g/mol. The van der Waals surface area contributed by atoms with Gasteiger partial charge < -0.3 is 4.74 Å². The van der Waals surface area contributed by atoms with Gasteiger partial charge in [-0.1, -0.05) is 42.5 Å². The fourth-order valence-corrected chi connectivity index (χ4v) is 7.05. The molecule has 8 nitrogen and oxygen atoms in total. The van der Waals surface area contributed by atoms with Crippen LogP contribution in [0.15, 0.2) is 76.5 Å². The SMILES string of the molecule is CC(Oc1ccc2ccccc2c1)C(=O)NN1S(=O)(=O)c2ccccc2S1(=O)=O. The predicted molar refractivity (Wildman–Crippen MR) is 105 cm³/mol. The van der Waals surface area contributed by atoms with Crippen molar-refractivity contribution in [3.8, 4) is 5.75 Å². The summed E-state index contributed by atoms with van der Waals surface area (Å²) in [6.45, 7) is 1.40. The Kier molecular flexibility index (Phi) is 4.56. The quantitative estimate of drug-likeness (QED) is 0.676. The summed E-state index contributed by atoms with van der Waals surface area (Å²) < 4.78 is 55.8. The maximum atomic E-state index is 12.6. The van der Waals surface area contributed by atoms with Crippen LogP contribution in [0.3, 0.4) is 0 Å². The maximum Gasteiger partial charge on any atom is 0.276 e. The molecule has 3 aromatic rings. The molecule has 1 N–H and O–H groups in total. The zero-order chi connectivity index (χ0) is 20.8. The largest absolute Gasteiger partial charge is 0.481 e. The predicted octanol–water partition coefficient (Wildman–Crippen LogP) is 2.03. The Bertz CT molecular complexity index is 1280. The second-order valence-corrected chi connectivity index (χ2v) is 10.1. The molecule has 0 spiro atoms. The van der Waals surface area contributed by atoms with Crippen molar-refractivity contribution in [2.45, 2.75) is 22.8 Å². The fraction of sp³-hybridized carbons (Fsp3) is 0.105. The normalized spacial score (nSPS) is 18.1. The van der Waals surface area contributed by atoms with Crippen LogP contribution in [0.25, 0.3) is 10.8 Å². The van der Waals surface area contributed by atoms with E-state index in [1.807, 2.05) is 35.8 Å². The third-order valence-corrected chi connectivity index (χ3v) is 8.63. The van der Waals surface area contributed by atoms with Gasteiger partial charge in [-0.3, -0.25) is 10.2 Å². The van der Waals surface area contributed by atoms with Crippen molar-refractivity contribution < 1.29 is 26.4 Å². The van der Waals surface area contributed by atoms with Crippen molar-refractivity contribution in [1.29, 1.82) is 0 Å². The van der Waals surface area contributed by atoms with E-state index < -0.39 is 32.1 Å². The van der Waals surface area contributed by atoms with Gasteiger partial charge in [0.2, 0.25) is 0 Å². The third kappa shape index (κ3) is 3.24. The Balaban J connectivity index is 1.56. The van der Waals surface area contributed by atoms with Gasteiger partial charge >= 0.3 is 0 Å². The molecule has 1 aliphatic rings. The molecule has 1 amide bonds. The number of nitrogens with zero attached hydrogens (tertiary/aromatic N) is 1. The number of amides is 1. The number of sulfonamides is 2. The molecule has 0 radical (unpaired) electrons. The minimum atomic E-state index is -4.43. The Labute approximate surface area is 167 Å². The van der Waals surface area contributed by atoms with E-state index in [1.165, 1.54) is 31.2 Å². The number of ether oxygens (including phenoxy) is 1. The highest BCUT2D eigenvalue weighted by atomic mass is 32.3. The molecule has 1 atom stereocenters. The van der Waals surface area contributed by atoms with Gasteiger partial charge in [0, 0.05) is 3.82 Å². The number of nitrogens with one attached hydrogen (secondary N) is 1. The van der Waals surface area contributed by atoms with Gasteiger partial charge in [0.15, 0.2) is 6.10 Å². The molecule has 0 saturated carbocycles. The lowest BCUT2D eigenvalue weighted by Gasteiger charge is -2.19. The molecule has 10 heteroatoms. The van der Waals surface area contributed by atoms with Gasteiger partial charge in [0.05, 0.1) is 0 Å².